The summed E-state index contributed by atoms with van der Waals surface area (Å²) in [5, 5.41) is 9.41. The Labute approximate surface area is 100 Å². The Morgan fingerprint density at radius 1 is 1.50 bits per heavy atom. The van der Waals surface area contributed by atoms with E-state index in [1.165, 1.54) is 19.4 Å². The fraction of sp³-hybridized carbons (Fsp3) is 1.00. The van der Waals surface area contributed by atoms with Crippen molar-refractivity contribution in [2.24, 2.45) is 5.41 Å². The molecule has 0 aliphatic carbocycles. The number of hydrogen-bond acceptors (Lipinski definition) is 3. The Hall–Kier alpha value is -0.120. The van der Waals surface area contributed by atoms with E-state index >= 15 is 0 Å². The molecular weight excluding hydrogens is 200 g/mol. The molecule has 1 rings (SSSR count). The van der Waals surface area contributed by atoms with Crippen molar-refractivity contribution in [2.45, 2.75) is 39.2 Å². The van der Waals surface area contributed by atoms with Crippen LogP contribution >= 0.6 is 0 Å². The van der Waals surface area contributed by atoms with E-state index < -0.39 is 0 Å². The van der Waals surface area contributed by atoms with E-state index in [0.717, 1.165) is 19.5 Å². The van der Waals surface area contributed by atoms with E-state index in [1.54, 1.807) is 0 Å². The highest BCUT2D eigenvalue weighted by Gasteiger charge is 2.26. The average Bonchev–Trinajstić information content (AvgIpc) is 2.64. The standard InChI is InChI=1S/C13H28N2O/c1-5-13(2,11-16)10-14(3)9-12-7-6-8-15(12)4/h12,16H,5-11H2,1-4H3. The average molecular weight is 228 g/mol. The molecule has 1 heterocycles. The summed E-state index contributed by atoms with van der Waals surface area (Å²) in [6, 6.07) is 0.713. The Bertz CT molecular complexity index is 204. The van der Waals surface area contributed by atoms with Crippen LogP contribution in [0.25, 0.3) is 0 Å². The number of rotatable bonds is 6. The SMILES string of the molecule is CCC(C)(CO)CN(C)CC1CCCN1C. The lowest BCUT2D eigenvalue weighted by Crippen LogP contribution is -2.42. The van der Waals surface area contributed by atoms with Crippen LogP contribution in [0.3, 0.4) is 0 Å². The van der Waals surface area contributed by atoms with Crippen molar-refractivity contribution in [3.8, 4) is 0 Å². The molecule has 1 aliphatic rings. The molecule has 2 unspecified atom stereocenters. The van der Waals surface area contributed by atoms with Gasteiger partial charge >= 0.3 is 0 Å². The number of likely N-dealkylation sites (tertiary alicyclic amines) is 1. The lowest BCUT2D eigenvalue weighted by Gasteiger charge is -2.33. The molecule has 0 amide bonds. The van der Waals surface area contributed by atoms with Crippen LogP contribution in [0.15, 0.2) is 0 Å². The number of nitrogens with zero attached hydrogens (tertiary/aromatic N) is 2. The molecule has 3 heteroatoms. The molecule has 0 aromatic carbocycles. The van der Waals surface area contributed by atoms with Gasteiger partial charge in [0.05, 0.1) is 0 Å². The van der Waals surface area contributed by atoms with Crippen LogP contribution in [0.5, 0.6) is 0 Å². The smallest absolute Gasteiger partial charge is 0.0496 e. The normalized spacial score (nSPS) is 26.2. The van der Waals surface area contributed by atoms with Gasteiger partial charge in [-0.15, -0.1) is 0 Å². The zero-order valence-corrected chi connectivity index (χ0v) is 11.4. The summed E-state index contributed by atoms with van der Waals surface area (Å²) < 4.78 is 0. The molecule has 0 saturated carbocycles. The second-order valence-electron chi connectivity index (χ2n) is 5.80. The highest BCUT2D eigenvalue weighted by atomic mass is 16.3. The zero-order chi connectivity index (χ0) is 12.2. The molecule has 0 aromatic heterocycles. The Morgan fingerprint density at radius 2 is 2.19 bits per heavy atom. The summed E-state index contributed by atoms with van der Waals surface area (Å²) in [6.07, 6.45) is 3.69. The van der Waals surface area contributed by atoms with Gasteiger partial charge in [-0.2, -0.15) is 0 Å². The molecule has 1 N–H and O–H groups in total. The van der Waals surface area contributed by atoms with Crippen molar-refractivity contribution in [3.63, 3.8) is 0 Å². The second-order valence-corrected chi connectivity index (χ2v) is 5.80. The van der Waals surface area contributed by atoms with Gasteiger partial charge < -0.3 is 14.9 Å². The lowest BCUT2D eigenvalue weighted by atomic mass is 9.88. The molecule has 2 atom stereocenters. The lowest BCUT2D eigenvalue weighted by molar-refractivity contribution is 0.0857. The molecule has 96 valence electrons. The number of aliphatic hydroxyl groups is 1. The minimum Gasteiger partial charge on any atom is -0.396 e. The monoisotopic (exact) mass is 228 g/mol. The van der Waals surface area contributed by atoms with E-state index in [9.17, 15) is 5.11 Å². The number of likely N-dealkylation sites (N-methyl/N-ethyl adjacent to an activating group) is 2. The van der Waals surface area contributed by atoms with E-state index in [4.69, 9.17) is 0 Å². The quantitative estimate of drug-likeness (QED) is 0.745. The maximum atomic E-state index is 9.41. The summed E-state index contributed by atoms with van der Waals surface area (Å²) in [7, 11) is 4.40. The summed E-state index contributed by atoms with van der Waals surface area (Å²) >= 11 is 0. The summed E-state index contributed by atoms with van der Waals surface area (Å²) in [5.74, 6) is 0. The molecule has 0 bridgehead atoms. The number of aliphatic hydroxyl groups excluding tert-OH is 1. The van der Waals surface area contributed by atoms with Crippen LogP contribution in [-0.4, -0.2) is 61.3 Å². The van der Waals surface area contributed by atoms with Gasteiger partial charge in [0.2, 0.25) is 0 Å². The summed E-state index contributed by atoms with van der Waals surface area (Å²) in [6.45, 7) is 7.97. The molecule has 1 aliphatic heterocycles. The topological polar surface area (TPSA) is 26.7 Å². The first-order valence-corrected chi connectivity index (χ1v) is 6.50. The Kier molecular flexibility index (Phi) is 5.22. The first kappa shape index (κ1) is 13.9. The first-order valence-electron chi connectivity index (χ1n) is 6.50. The maximum absolute atomic E-state index is 9.41. The molecule has 3 nitrogen and oxygen atoms in total. The third kappa shape index (κ3) is 3.72. The highest BCUT2D eigenvalue weighted by molar-refractivity contribution is 4.81. The molecular formula is C13H28N2O. The largest absolute Gasteiger partial charge is 0.396 e. The van der Waals surface area contributed by atoms with Gasteiger partial charge in [-0.25, -0.2) is 0 Å². The van der Waals surface area contributed by atoms with Crippen molar-refractivity contribution >= 4 is 0 Å². The molecule has 16 heavy (non-hydrogen) atoms. The predicted octanol–water partition coefficient (Wildman–Crippen LogP) is 1.42. The van der Waals surface area contributed by atoms with Crippen molar-refractivity contribution in [2.75, 3.05) is 40.3 Å². The van der Waals surface area contributed by atoms with Crippen molar-refractivity contribution < 1.29 is 5.11 Å². The summed E-state index contributed by atoms with van der Waals surface area (Å²) in [5.41, 5.74) is 0.0614. The van der Waals surface area contributed by atoms with Crippen LogP contribution < -0.4 is 0 Å². The first-order chi connectivity index (χ1) is 7.50. The molecule has 1 saturated heterocycles. The molecule has 0 radical (unpaired) electrons. The molecule has 0 aromatic rings. The second kappa shape index (κ2) is 5.99. The van der Waals surface area contributed by atoms with E-state index in [-0.39, 0.29) is 12.0 Å². The van der Waals surface area contributed by atoms with Crippen LogP contribution in [-0.2, 0) is 0 Å². The molecule has 1 fully saturated rings. The Balaban J connectivity index is 2.37. The third-order valence-electron chi connectivity index (χ3n) is 4.08. The Morgan fingerprint density at radius 3 is 2.62 bits per heavy atom. The number of hydrogen-bond donors (Lipinski definition) is 1. The zero-order valence-electron chi connectivity index (χ0n) is 11.4. The van der Waals surface area contributed by atoms with Crippen molar-refractivity contribution in [3.05, 3.63) is 0 Å². The third-order valence-corrected chi connectivity index (χ3v) is 4.08. The molecule has 0 spiro atoms. The van der Waals surface area contributed by atoms with Gasteiger partial charge in [-0.1, -0.05) is 13.8 Å². The summed E-state index contributed by atoms with van der Waals surface area (Å²) in [4.78, 5) is 4.84. The fourth-order valence-electron chi connectivity index (χ4n) is 2.56. The van der Waals surface area contributed by atoms with E-state index in [1.807, 2.05) is 0 Å². The fourth-order valence-corrected chi connectivity index (χ4v) is 2.56. The highest BCUT2D eigenvalue weighted by Crippen LogP contribution is 2.22. The van der Waals surface area contributed by atoms with Crippen molar-refractivity contribution in [1.29, 1.82) is 0 Å². The van der Waals surface area contributed by atoms with Crippen LogP contribution in [0.2, 0.25) is 0 Å². The van der Waals surface area contributed by atoms with Gasteiger partial charge in [0.15, 0.2) is 0 Å². The van der Waals surface area contributed by atoms with Gasteiger partial charge in [-0.3, -0.25) is 0 Å². The van der Waals surface area contributed by atoms with E-state index in [2.05, 4.69) is 37.7 Å². The van der Waals surface area contributed by atoms with Gasteiger partial charge in [0.25, 0.3) is 0 Å². The van der Waals surface area contributed by atoms with Crippen LogP contribution in [0, 0.1) is 5.41 Å². The van der Waals surface area contributed by atoms with E-state index in [0.29, 0.717) is 6.04 Å². The van der Waals surface area contributed by atoms with Gasteiger partial charge in [-0.05, 0) is 39.9 Å². The van der Waals surface area contributed by atoms with Gasteiger partial charge in [0, 0.05) is 31.2 Å². The predicted molar refractivity (Wildman–Crippen MR) is 68.6 cm³/mol. The maximum Gasteiger partial charge on any atom is 0.0496 e. The van der Waals surface area contributed by atoms with Crippen molar-refractivity contribution in [1.82, 2.24) is 9.80 Å². The van der Waals surface area contributed by atoms with Crippen LogP contribution in [0.4, 0.5) is 0 Å². The minimum atomic E-state index is 0.0614. The van der Waals surface area contributed by atoms with Gasteiger partial charge in [0.1, 0.15) is 0 Å². The van der Waals surface area contributed by atoms with Crippen LogP contribution in [0.1, 0.15) is 33.1 Å². The minimum absolute atomic E-state index is 0.0614.